The fourth-order valence-electron chi connectivity index (χ4n) is 3.25. The van der Waals surface area contributed by atoms with Crippen molar-refractivity contribution >= 4 is 29.9 Å². The Morgan fingerprint density at radius 3 is 2.80 bits per heavy atom. The lowest BCUT2D eigenvalue weighted by Gasteiger charge is -2.21. The van der Waals surface area contributed by atoms with Crippen molar-refractivity contribution in [2.24, 2.45) is 4.99 Å². The molecule has 1 aliphatic heterocycles. The van der Waals surface area contributed by atoms with Gasteiger partial charge in [0.15, 0.2) is 12.8 Å². The summed E-state index contributed by atoms with van der Waals surface area (Å²) in [6.45, 7) is 6.44. The summed E-state index contributed by atoms with van der Waals surface area (Å²) in [6, 6.07) is 9.06. The van der Waals surface area contributed by atoms with Crippen molar-refractivity contribution in [3.8, 4) is 11.5 Å². The number of nitrogens with one attached hydrogen (secondary N) is 2. The van der Waals surface area contributed by atoms with Gasteiger partial charge in [-0.3, -0.25) is 0 Å². The lowest BCUT2D eigenvalue weighted by molar-refractivity contribution is -0.0172. The smallest absolute Gasteiger partial charge is 0.191 e. The van der Waals surface area contributed by atoms with Gasteiger partial charge in [-0.2, -0.15) is 0 Å². The van der Waals surface area contributed by atoms with Crippen molar-refractivity contribution in [1.29, 1.82) is 0 Å². The summed E-state index contributed by atoms with van der Waals surface area (Å²) in [5.41, 5.74) is 3.73. The maximum atomic E-state index is 13.9. The second kappa shape index (κ2) is 11.9. The van der Waals surface area contributed by atoms with Crippen molar-refractivity contribution in [3.05, 3.63) is 58.4 Å². The van der Waals surface area contributed by atoms with Crippen LogP contribution in [0.3, 0.4) is 0 Å². The number of methoxy groups -OCH3 is 1. The van der Waals surface area contributed by atoms with Crippen molar-refractivity contribution in [3.63, 3.8) is 0 Å². The third kappa shape index (κ3) is 6.46. The minimum Gasteiger partial charge on any atom is -0.496 e. The second-order valence-electron chi connectivity index (χ2n) is 6.85. The molecule has 0 amide bonds. The van der Waals surface area contributed by atoms with E-state index in [4.69, 9.17) is 14.2 Å². The monoisotopic (exact) mass is 529 g/mol. The minimum atomic E-state index is -0.278. The summed E-state index contributed by atoms with van der Waals surface area (Å²) in [5, 5.41) is 6.54. The van der Waals surface area contributed by atoms with Gasteiger partial charge in [0.2, 0.25) is 0 Å². The van der Waals surface area contributed by atoms with Crippen LogP contribution in [-0.4, -0.2) is 33.0 Å². The maximum absolute atomic E-state index is 13.9. The molecular formula is C22H29FIN3O3. The Bertz CT molecular complexity index is 877. The molecule has 0 saturated heterocycles. The molecule has 0 fully saturated rings. The number of hydrogen-bond acceptors (Lipinski definition) is 4. The number of aryl methyl sites for hydroxylation is 1. The van der Waals surface area contributed by atoms with Crippen LogP contribution in [0.15, 0.2) is 35.3 Å². The standard InChI is InChI=1S/C22H28FN3O3.HI/c1-4-24-22(26-12-17-6-5-15(2)9-20(17)27-3)25-8-7-16-10-19(23)11-18-13-28-14-29-21(16)18;/h5-6,9-11H,4,7-8,12-14H2,1-3H3,(H2,24,25,26);1H. The van der Waals surface area contributed by atoms with Crippen molar-refractivity contribution in [2.45, 2.75) is 33.4 Å². The molecule has 30 heavy (non-hydrogen) atoms. The molecule has 0 atom stereocenters. The Hall–Kier alpha value is -2.07. The van der Waals surface area contributed by atoms with Gasteiger partial charge in [-0.25, -0.2) is 9.38 Å². The Kier molecular flexibility index (Phi) is 9.64. The van der Waals surface area contributed by atoms with E-state index in [1.165, 1.54) is 12.1 Å². The summed E-state index contributed by atoms with van der Waals surface area (Å²) in [7, 11) is 1.66. The highest BCUT2D eigenvalue weighted by Crippen LogP contribution is 2.29. The van der Waals surface area contributed by atoms with E-state index in [0.29, 0.717) is 32.1 Å². The van der Waals surface area contributed by atoms with Crippen molar-refractivity contribution in [2.75, 3.05) is 27.0 Å². The maximum Gasteiger partial charge on any atom is 0.191 e. The zero-order chi connectivity index (χ0) is 20.6. The molecule has 3 rings (SSSR count). The van der Waals surface area contributed by atoms with Gasteiger partial charge in [-0.05, 0) is 49.6 Å². The van der Waals surface area contributed by atoms with Gasteiger partial charge < -0.3 is 24.8 Å². The Labute approximate surface area is 194 Å². The minimum absolute atomic E-state index is 0. The molecule has 0 aromatic heterocycles. The molecule has 2 aromatic rings. The average molecular weight is 529 g/mol. The van der Waals surface area contributed by atoms with Gasteiger partial charge in [-0.15, -0.1) is 24.0 Å². The van der Waals surface area contributed by atoms with Crippen LogP contribution in [0.1, 0.15) is 29.2 Å². The first-order valence-corrected chi connectivity index (χ1v) is 9.78. The van der Waals surface area contributed by atoms with E-state index < -0.39 is 0 Å². The van der Waals surface area contributed by atoms with Gasteiger partial charge in [0, 0.05) is 24.2 Å². The average Bonchev–Trinajstić information content (AvgIpc) is 2.72. The molecule has 1 heterocycles. The number of fused-ring (bicyclic) bond motifs is 1. The summed E-state index contributed by atoms with van der Waals surface area (Å²) in [6.07, 6.45) is 0.609. The lowest BCUT2D eigenvalue weighted by Crippen LogP contribution is -2.38. The van der Waals surface area contributed by atoms with E-state index in [1.807, 2.05) is 32.0 Å². The molecular weight excluding hydrogens is 500 g/mol. The second-order valence-corrected chi connectivity index (χ2v) is 6.85. The molecule has 0 saturated carbocycles. The van der Waals surface area contributed by atoms with Crippen LogP contribution >= 0.6 is 24.0 Å². The van der Waals surface area contributed by atoms with Gasteiger partial charge in [-0.1, -0.05) is 12.1 Å². The molecule has 0 unspecified atom stereocenters. The molecule has 1 aliphatic rings. The fraction of sp³-hybridized carbons (Fsp3) is 0.409. The normalized spacial score (nSPS) is 13.0. The zero-order valence-corrected chi connectivity index (χ0v) is 19.9. The van der Waals surface area contributed by atoms with E-state index in [0.717, 1.165) is 40.3 Å². The third-order valence-corrected chi connectivity index (χ3v) is 4.63. The fourth-order valence-corrected chi connectivity index (χ4v) is 3.25. The topological polar surface area (TPSA) is 64.1 Å². The van der Waals surface area contributed by atoms with E-state index in [9.17, 15) is 4.39 Å². The van der Waals surface area contributed by atoms with Crippen LogP contribution in [0.5, 0.6) is 11.5 Å². The number of rotatable bonds is 7. The number of hydrogen-bond donors (Lipinski definition) is 2. The highest BCUT2D eigenvalue weighted by atomic mass is 127. The van der Waals surface area contributed by atoms with Gasteiger partial charge in [0.1, 0.15) is 17.3 Å². The molecule has 164 valence electrons. The number of benzene rings is 2. The molecule has 6 nitrogen and oxygen atoms in total. The van der Waals surface area contributed by atoms with Gasteiger partial charge >= 0.3 is 0 Å². The van der Waals surface area contributed by atoms with Crippen molar-refractivity contribution < 1.29 is 18.6 Å². The molecule has 0 spiro atoms. The highest BCUT2D eigenvalue weighted by molar-refractivity contribution is 14.0. The highest BCUT2D eigenvalue weighted by Gasteiger charge is 2.16. The van der Waals surface area contributed by atoms with Crippen molar-refractivity contribution in [1.82, 2.24) is 10.6 Å². The first-order valence-electron chi connectivity index (χ1n) is 9.78. The molecule has 2 N–H and O–H groups in total. The van der Waals surface area contributed by atoms with Crippen LogP contribution < -0.4 is 20.1 Å². The third-order valence-electron chi connectivity index (χ3n) is 4.63. The van der Waals surface area contributed by atoms with E-state index in [2.05, 4.69) is 15.6 Å². The number of halogens is 2. The zero-order valence-electron chi connectivity index (χ0n) is 17.6. The molecule has 8 heteroatoms. The molecule has 0 radical (unpaired) electrons. The molecule has 0 aliphatic carbocycles. The van der Waals surface area contributed by atoms with Crippen LogP contribution in [0.25, 0.3) is 0 Å². The number of guanidine groups is 1. The van der Waals surface area contributed by atoms with Crippen LogP contribution in [0.2, 0.25) is 0 Å². The first kappa shape index (κ1) is 24.2. The Balaban J connectivity index is 0.00000320. The SMILES string of the molecule is CCNC(=NCc1ccc(C)cc1OC)NCCc1cc(F)cc2c1OCOC2.I. The molecule has 0 bridgehead atoms. The Morgan fingerprint density at radius 2 is 2.03 bits per heavy atom. The van der Waals surface area contributed by atoms with Crippen LogP contribution in [0, 0.1) is 12.7 Å². The van der Waals surface area contributed by atoms with E-state index in [1.54, 1.807) is 7.11 Å². The Morgan fingerprint density at radius 1 is 1.20 bits per heavy atom. The number of ether oxygens (including phenoxy) is 3. The van der Waals surface area contributed by atoms with Gasteiger partial charge in [0.25, 0.3) is 0 Å². The predicted molar refractivity (Wildman–Crippen MR) is 126 cm³/mol. The summed E-state index contributed by atoms with van der Waals surface area (Å²) >= 11 is 0. The van der Waals surface area contributed by atoms with Crippen LogP contribution in [0.4, 0.5) is 4.39 Å². The largest absolute Gasteiger partial charge is 0.496 e. The van der Waals surface area contributed by atoms with Gasteiger partial charge in [0.05, 0.1) is 20.3 Å². The summed E-state index contributed by atoms with van der Waals surface area (Å²) in [5.74, 6) is 1.98. The first-order chi connectivity index (χ1) is 14.1. The van der Waals surface area contributed by atoms with Crippen LogP contribution in [-0.2, 0) is 24.3 Å². The number of aliphatic imine (C=N–C) groups is 1. The number of nitrogens with zero attached hydrogens (tertiary/aromatic N) is 1. The molecule has 2 aromatic carbocycles. The van der Waals surface area contributed by atoms with E-state index in [-0.39, 0.29) is 36.6 Å². The predicted octanol–water partition coefficient (Wildman–Crippen LogP) is 3.93. The summed E-state index contributed by atoms with van der Waals surface area (Å²) < 4.78 is 30.2. The quantitative estimate of drug-likeness (QED) is 0.324. The lowest BCUT2D eigenvalue weighted by atomic mass is 10.1. The van der Waals surface area contributed by atoms with E-state index >= 15 is 0 Å². The summed E-state index contributed by atoms with van der Waals surface area (Å²) in [4.78, 5) is 4.65.